The second kappa shape index (κ2) is 7.48. The van der Waals surface area contributed by atoms with Crippen LogP contribution in [-0.2, 0) is 11.3 Å². The number of rotatable bonds is 5. The molecule has 3 aromatic rings. The van der Waals surface area contributed by atoms with E-state index in [1.165, 1.54) is 19.2 Å². The molecule has 1 heterocycles. The van der Waals surface area contributed by atoms with Gasteiger partial charge in [0.2, 0.25) is 5.69 Å². The van der Waals surface area contributed by atoms with Crippen molar-refractivity contribution in [1.29, 1.82) is 0 Å². The number of aromatic nitrogens is 2. The molecule has 0 saturated heterocycles. The zero-order valence-electron chi connectivity index (χ0n) is 13.3. The van der Waals surface area contributed by atoms with Crippen LogP contribution in [0.2, 0.25) is 0 Å². The van der Waals surface area contributed by atoms with Crippen molar-refractivity contribution in [2.24, 2.45) is 0 Å². The van der Waals surface area contributed by atoms with Gasteiger partial charge in [-0.25, -0.2) is 13.9 Å². The summed E-state index contributed by atoms with van der Waals surface area (Å²) < 4.78 is 25.7. The highest BCUT2D eigenvalue weighted by Crippen LogP contribution is 2.22. The normalized spacial score (nSPS) is 10.5. The highest BCUT2D eigenvalue weighted by molar-refractivity contribution is 9.10. The summed E-state index contributed by atoms with van der Waals surface area (Å²) in [6.07, 6.45) is 1.61. The average molecular weight is 405 g/mol. The Labute approximate surface area is 152 Å². The number of esters is 1. The van der Waals surface area contributed by atoms with Gasteiger partial charge in [0.15, 0.2) is 5.75 Å². The maximum atomic E-state index is 13.1. The molecule has 0 aliphatic heterocycles. The van der Waals surface area contributed by atoms with E-state index in [2.05, 4.69) is 21.0 Å². The van der Waals surface area contributed by atoms with Crippen LogP contribution in [0.4, 0.5) is 4.39 Å². The monoisotopic (exact) mass is 404 g/mol. The van der Waals surface area contributed by atoms with Crippen molar-refractivity contribution in [1.82, 2.24) is 9.78 Å². The molecule has 128 valence electrons. The molecule has 0 N–H and O–H groups in total. The number of nitrogens with zero attached hydrogens (tertiary/aromatic N) is 2. The lowest BCUT2D eigenvalue weighted by Gasteiger charge is -2.06. The second-order valence-corrected chi connectivity index (χ2v) is 5.99. The topological polar surface area (TPSA) is 53.4 Å². The van der Waals surface area contributed by atoms with Gasteiger partial charge in [-0.05, 0) is 24.3 Å². The number of carbonyl (C=O) groups is 1. The number of para-hydroxylation sites is 1. The molecule has 0 aliphatic rings. The zero-order valence-corrected chi connectivity index (χ0v) is 14.9. The van der Waals surface area contributed by atoms with Crippen molar-refractivity contribution in [2.45, 2.75) is 6.61 Å². The zero-order chi connectivity index (χ0) is 17.8. The molecule has 0 fully saturated rings. The maximum absolute atomic E-state index is 13.1. The smallest absolute Gasteiger partial charge is 0.363 e. The molecule has 25 heavy (non-hydrogen) atoms. The molecule has 0 amide bonds. The molecule has 0 saturated carbocycles. The fourth-order valence-corrected chi connectivity index (χ4v) is 2.68. The molecule has 0 atom stereocenters. The number of halogens is 2. The van der Waals surface area contributed by atoms with Crippen LogP contribution < -0.4 is 4.74 Å². The summed E-state index contributed by atoms with van der Waals surface area (Å²) in [5.74, 6) is -0.681. The largest absolute Gasteiger partial charge is 0.493 e. The Morgan fingerprint density at radius 3 is 2.68 bits per heavy atom. The van der Waals surface area contributed by atoms with Gasteiger partial charge < -0.3 is 9.47 Å². The summed E-state index contributed by atoms with van der Waals surface area (Å²) >= 11 is 3.24. The predicted molar refractivity (Wildman–Crippen MR) is 93.3 cm³/mol. The minimum absolute atomic E-state index is 0.0128. The third-order valence-corrected chi connectivity index (χ3v) is 4.23. The number of methoxy groups -OCH3 is 1. The van der Waals surface area contributed by atoms with Gasteiger partial charge in [0.25, 0.3) is 0 Å². The van der Waals surface area contributed by atoms with E-state index >= 15 is 0 Å². The van der Waals surface area contributed by atoms with Crippen molar-refractivity contribution in [3.05, 3.63) is 76.3 Å². The predicted octanol–water partition coefficient (Wildman–Crippen LogP) is 4.14. The molecule has 7 heteroatoms. The number of hydrogen-bond donors (Lipinski definition) is 0. The number of ether oxygens (including phenoxy) is 2. The van der Waals surface area contributed by atoms with Crippen LogP contribution in [0.15, 0.2) is 59.2 Å². The van der Waals surface area contributed by atoms with Crippen molar-refractivity contribution < 1.29 is 18.7 Å². The Morgan fingerprint density at radius 1 is 1.24 bits per heavy atom. The average Bonchev–Trinajstić information content (AvgIpc) is 3.06. The number of carbonyl (C=O) groups excluding carboxylic acids is 1. The summed E-state index contributed by atoms with van der Waals surface area (Å²) in [5.41, 5.74) is 1.52. The molecule has 5 nitrogen and oxygen atoms in total. The Kier molecular flexibility index (Phi) is 5.14. The third kappa shape index (κ3) is 3.88. The first kappa shape index (κ1) is 17.2. The van der Waals surface area contributed by atoms with Gasteiger partial charge in [0.1, 0.15) is 12.4 Å². The standard InChI is InChI=1S/C18H14BrFN2O3/c1-24-16-10-22(14-5-3-2-4-6-14)21-17(16)18(23)25-11-12-7-8-13(20)9-15(12)19/h2-10H,11H2,1H3. The van der Waals surface area contributed by atoms with E-state index in [0.717, 1.165) is 5.69 Å². The quantitative estimate of drug-likeness (QED) is 0.599. The van der Waals surface area contributed by atoms with E-state index in [-0.39, 0.29) is 18.1 Å². The van der Waals surface area contributed by atoms with Crippen LogP contribution in [0.1, 0.15) is 16.1 Å². The molecule has 0 bridgehead atoms. The molecule has 0 aliphatic carbocycles. The molecular weight excluding hydrogens is 391 g/mol. The molecule has 0 spiro atoms. The summed E-state index contributed by atoms with van der Waals surface area (Å²) in [5, 5.41) is 4.25. The Balaban J connectivity index is 1.78. The van der Waals surface area contributed by atoms with Gasteiger partial charge in [-0.1, -0.05) is 40.2 Å². The van der Waals surface area contributed by atoms with E-state index < -0.39 is 5.97 Å². The molecule has 2 aromatic carbocycles. The third-order valence-electron chi connectivity index (χ3n) is 3.49. The fourth-order valence-electron chi connectivity index (χ4n) is 2.21. The fraction of sp³-hybridized carbons (Fsp3) is 0.111. The van der Waals surface area contributed by atoms with E-state index in [9.17, 15) is 9.18 Å². The van der Waals surface area contributed by atoms with Gasteiger partial charge in [0, 0.05) is 10.0 Å². The Hall–Kier alpha value is -2.67. The minimum atomic E-state index is -0.622. The lowest BCUT2D eigenvalue weighted by molar-refractivity contribution is 0.0461. The van der Waals surface area contributed by atoms with E-state index in [1.807, 2.05) is 30.3 Å². The van der Waals surface area contributed by atoms with Crippen LogP contribution in [-0.4, -0.2) is 22.9 Å². The highest BCUT2D eigenvalue weighted by Gasteiger charge is 2.20. The number of hydrogen-bond acceptors (Lipinski definition) is 4. The van der Waals surface area contributed by atoms with Crippen LogP contribution in [0, 0.1) is 5.82 Å². The van der Waals surface area contributed by atoms with Gasteiger partial charge in [-0.3, -0.25) is 0 Å². The first-order valence-corrected chi connectivity index (χ1v) is 8.18. The summed E-state index contributed by atoms with van der Waals surface area (Å²) in [6, 6.07) is 13.5. The van der Waals surface area contributed by atoms with Gasteiger partial charge in [-0.15, -0.1) is 0 Å². The van der Waals surface area contributed by atoms with Crippen molar-refractivity contribution in [3.8, 4) is 11.4 Å². The van der Waals surface area contributed by atoms with Gasteiger partial charge in [0.05, 0.1) is 19.0 Å². The first-order valence-electron chi connectivity index (χ1n) is 7.38. The minimum Gasteiger partial charge on any atom is -0.493 e. The van der Waals surface area contributed by atoms with Crippen molar-refractivity contribution in [3.63, 3.8) is 0 Å². The Bertz CT molecular complexity index is 897. The lowest BCUT2D eigenvalue weighted by atomic mass is 10.2. The van der Waals surface area contributed by atoms with Crippen molar-refractivity contribution in [2.75, 3.05) is 7.11 Å². The number of benzene rings is 2. The van der Waals surface area contributed by atoms with E-state index in [1.54, 1.807) is 16.9 Å². The molecule has 3 rings (SSSR count). The molecular formula is C18H14BrFN2O3. The molecule has 0 radical (unpaired) electrons. The first-order chi connectivity index (χ1) is 12.1. The van der Waals surface area contributed by atoms with E-state index in [0.29, 0.717) is 15.8 Å². The second-order valence-electron chi connectivity index (χ2n) is 5.14. The Morgan fingerprint density at radius 2 is 2.00 bits per heavy atom. The van der Waals surface area contributed by atoms with Crippen LogP contribution >= 0.6 is 15.9 Å². The van der Waals surface area contributed by atoms with E-state index in [4.69, 9.17) is 9.47 Å². The maximum Gasteiger partial charge on any atom is 0.363 e. The molecule has 0 unspecified atom stereocenters. The summed E-state index contributed by atoms with van der Waals surface area (Å²) in [6.45, 7) is -0.0128. The van der Waals surface area contributed by atoms with Crippen LogP contribution in [0.3, 0.4) is 0 Å². The highest BCUT2D eigenvalue weighted by atomic mass is 79.9. The lowest BCUT2D eigenvalue weighted by Crippen LogP contribution is -2.08. The van der Waals surface area contributed by atoms with Crippen LogP contribution in [0.25, 0.3) is 5.69 Å². The summed E-state index contributed by atoms with van der Waals surface area (Å²) in [4.78, 5) is 12.4. The van der Waals surface area contributed by atoms with Gasteiger partial charge >= 0.3 is 5.97 Å². The van der Waals surface area contributed by atoms with Gasteiger partial charge in [-0.2, -0.15) is 5.10 Å². The van der Waals surface area contributed by atoms with Crippen LogP contribution in [0.5, 0.6) is 5.75 Å². The SMILES string of the molecule is COc1cn(-c2ccccc2)nc1C(=O)OCc1ccc(F)cc1Br. The molecule has 1 aromatic heterocycles. The van der Waals surface area contributed by atoms with Crippen molar-refractivity contribution >= 4 is 21.9 Å². The summed E-state index contributed by atoms with van der Waals surface area (Å²) in [7, 11) is 1.46.